The van der Waals surface area contributed by atoms with Crippen molar-refractivity contribution in [2.24, 2.45) is 0 Å². The molecule has 0 unspecified atom stereocenters. The number of rotatable bonds is 5. The number of nitrogens with zero attached hydrogens (tertiary/aromatic N) is 1. The lowest BCUT2D eigenvalue weighted by molar-refractivity contribution is 0.600. The van der Waals surface area contributed by atoms with E-state index in [1.165, 1.54) is 35.6 Å². The SMILES string of the molecule is Cc1nc(-c2ccccc2NS(=O)(=O)Cc2ccc(F)cc2)cs1. The lowest BCUT2D eigenvalue weighted by Crippen LogP contribution is -2.15. The highest BCUT2D eigenvalue weighted by Crippen LogP contribution is 2.29. The van der Waals surface area contributed by atoms with Crippen molar-refractivity contribution in [1.82, 2.24) is 4.98 Å². The second kappa shape index (κ2) is 6.70. The van der Waals surface area contributed by atoms with Crippen LogP contribution in [0.5, 0.6) is 0 Å². The monoisotopic (exact) mass is 362 g/mol. The van der Waals surface area contributed by atoms with E-state index in [0.717, 1.165) is 16.3 Å². The fourth-order valence-electron chi connectivity index (χ4n) is 2.29. The molecule has 0 aliphatic carbocycles. The van der Waals surface area contributed by atoms with E-state index in [0.29, 0.717) is 11.3 Å². The summed E-state index contributed by atoms with van der Waals surface area (Å²) in [6.07, 6.45) is 0. The molecule has 0 aliphatic heterocycles. The Balaban J connectivity index is 1.86. The zero-order valence-corrected chi connectivity index (χ0v) is 14.5. The molecule has 1 heterocycles. The van der Waals surface area contributed by atoms with Crippen molar-refractivity contribution in [3.63, 3.8) is 0 Å². The zero-order valence-electron chi connectivity index (χ0n) is 12.9. The molecule has 2 aromatic carbocycles. The maximum absolute atomic E-state index is 12.9. The summed E-state index contributed by atoms with van der Waals surface area (Å²) in [7, 11) is -3.62. The Morgan fingerprint density at radius 3 is 2.50 bits per heavy atom. The van der Waals surface area contributed by atoms with Gasteiger partial charge in [0.1, 0.15) is 5.82 Å². The number of hydrogen-bond donors (Lipinski definition) is 1. The Morgan fingerprint density at radius 2 is 1.83 bits per heavy atom. The lowest BCUT2D eigenvalue weighted by atomic mass is 10.1. The first-order valence-corrected chi connectivity index (χ1v) is 9.73. The van der Waals surface area contributed by atoms with E-state index in [1.54, 1.807) is 12.1 Å². The van der Waals surface area contributed by atoms with E-state index in [2.05, 4.69) is 9.71 Å². The van der Waals surface area contributed by atoms with Gasteiger partial charge in [0.2, 0.25) is 10.0 Å². The van der Waals surface area contributed by atoms with Crippen molar-refractivity contribution >= 4 is 27.0 Å². The second-order valence-electron chi connectivity index (χ2n) is 5.28. The minimum absolute atomic E-state index is 0.224. The number of thiazole rings is 1. The first kappa shape index (κ1) is 16.6. The van der Waals surface area contributed by atoms with Gasteiger partial charge in [0.25, 0.3) is 0 Å². The van der Waals surface area contributed by atoms with Crippen LogP contribution in [0.25, 0.3) is 11.3 Å². The number of aryl methyl sites for hydroxylation is 1. The van der Waals surface area contributed by atoms with Crippen LogP contribution in [0.4, 0.5) is 10.1 Å². The van der Waals surface area contributed by atoms with E-state index in [4.69, 9.17) is 0 Å². The summed E-state index contributed by atoms with van der Waals surface area (Å²) in [5, 5.41) is 2.80. The Hall–Kier alpha value is -2.25. The maximum Gasteiger partial charge on any atom is 0.236 e. The van der Waals surface area contributed by atoms with Gasteiger partial charge in [0.15, 0.2) is 0 Å². The predicted molar refractivity (Wildman–Crippen MR) is 94.9 cm³/mol. The van der Waals surface area contributed by atoms with Crippen LogP contribution in [0.15, 0.2) is 53.9 Å². The molecule has 3 aromatic rings. The Morgan fingerprint density at radius 1 is 1.12 bits per heavy atom. The summed E-state index contributed by atoms with van der Waals surface area (Å²) < 4.78 is 40.4. The van der Waals surface area contributed by atoms with Crippen molar-refractivity contribution in [3.05, 3.63) is 70.3 Å². The minimum Gasteiger partial charge on any atom is -0.283 e. The summed E-state index contributed by atoms with van der Waals surface area (Å²) in [5.41, 5.74) is 2.46. The fraction of sp³-hybridized carbons (Fsp3) is 0.118. The largest absolute Gasteiger partial charge is 0.283 e. The molecule has 1 aromatic heterocycles. The van der Waals surface area contributed by atoms with Crippen LogP contribution in [0.1, 0.15) is 10.6 Å². The summed E-state index contributed by atoms with van der Waals surface area (Å²) >= 11 is 1.51. The molecular formula is C17H15FN2O2S2. The van der Waals surface area contributed by atoms with Gasteiger partial charge in [-0.05, 0) is 30.7 Å². The van der Waals surface area contributed by atoms with Gasteiger partial charge in [-0.15, -0.1) is 11.3 Å². The van der Waals surface area contributed by atoms with Crippen molar-refractivity contribution < 1.29 is 12.8 Å². The minimum atomic E-state index is -3.62. The van der Waals surface area contributed by atoms with E-state index in [1.807, 2.05) is 24.4 Å². The van der Waals surface area contributed by atoms with Crippen LogP contribution < -0.4 is 4.72 Å². The molecule has 0 aliphatic rings. The van der Waals surface area contributed by atoms with Gasteiger partial charge in [0.05, 0.1) is 22.1 Å². The molecule has 0 fully saturated rings. The maximum atomic E-state index is 12.9. The number of nitrogens with one attached hydrogen (secondary N) is 1. The predicted octanol–water partition coefficient (Wildman–Crippen LogP) is 4.20. The van der Waals surface area contributed by atoms with Gasteiger partial charge in [-0.1, -0.05) is 30.3 Å². The number of hydrogen-bond acceptors (Lipinski definition) is 4. The van der Waals surface area contributed by atoms with Gasteiger partial charge >= 0.3 is 0 Å². The van der Waals surface area contributed by atoms with E-state index in [-0.39, 0.29) is 5.75 Å². The Labute approximate surface area is 144 Å². The molecule has 24 heavy (non-hydrogen) atoms. The van der Waals surface area contributed by atoms with Gasteiger partial charge < -0.3 is 0 Å². The van der Waals surface area contributed by atoms with Crippen molar-refractivity contribution in [3.8, 4) is 11.3 Å². The van der Waals surface area contributed by atoms with Crippen LogP contribution >= 0.6 is 11.3 Å². The molecule has 124 valence electrons. The van der Waals surface area contributed by atoms with Crippen LogP contribution in [0, 0.1) is 12.7 Å². The van der Waals surface area contributed by atoms with Gasteiger partial charge in [0, 0.05) is 10.9 Å². The lowest BCUT2D eigenvalue weighted by Gasteiger charge is -2.11. The number of sulfonamides is 1. The quantitative estimate of drug-likeness (QED) is 0.740. The Bertz CT molecular complexity index is 951. The van der Waals surface area contributed by atoms with Crippen LogP contribution in [0.2, 0.25) is 0 Å². The number of benzene rings is 2. The van der Waals surface area contributed by atoms with E-state index < -0.39 is 15.8 Å². The molecule has 0 spiro atoms. The molecule has 0 bridgehead atoms. The first-order valence-electron chi connectivity index (χ1n) is 7.19. The first-order chi connectivity index (χ1) is 11.4. The topological polar surface area (TPSA) is 59.1 Å². The van der Waals surface area contributed by atoms with Crippen molar-refractivity contribution in [2.45, 2.75) is 12.7 Å². The van der Waals surface area contributed by atoms with Gasteiger partial charge in [-0.25, -0.2) is 17.8 Å². The summed E-state index contributed by atoms with van der Waals surface area (Å²) in [5.74, 6) is -0.620. The number of anilines is 1. The average Bonchev–Trinajstić information content (AvgIpc) is 2.96. The van der Waals surface area contributed by atoms with Gasteiger partial charge in [-0.3, -0.25) is 4.72 Å². The smallest absolute Gasteiger partial charge is 0.236 e. The molecule has 7 heteroatoms. The van der Waals surface area contributed by atoms with E-state index >= 15 is 0 Å². The number of halogens is 1. The third-order valence-corrected chi connectivity index (χ3v) is 5.38. The highest BCUT2D eigenvalue weighted by atomic mass is 32.2. The van der Waals surface area contributed by atoms with E-state index in [9.17, 15) is 12.8 Å². The van der Waals surface area contributed by atoms with Crippen molar-refractivity contribution in [2.75, 3.05) is 4.72 Å². The standard InChI is InChI=1S/C17H15FN2O2S2/c1-12-19-17(10-23-12)15-4-2-3-5-16(15)20-24(21,22)11-13-6-8-14(18)9-7-13/h2-10,20H,11H2,1H3. The molecule has 3 rings (SSSR count). The Kier molecular flexibility index (Phi) is 4.64. The fourth-order valence-corrected chi connectivity index (χ4v) is 4.12. The molecule has 0 saturated carbocycles. The number of para-hydroxylation sites is 1. The third-order valence-electron chi connectivity index (χ3n) is 3.36. The molecule has 0 radical (unpaired) electrons. The third kappa shape index (κ3) is 3.98. The average molecular weight is 362 g/mol. The normalized spacial score (nSPS) is 11.4. The summed E-state index contributed by atoms with van der Waals surface area (Å²) in [6, 6.07) is 12.5. The van der Waals surface area contributed by atoms with Crippen molar-refractivity contribution in [1.29, 1.82) is 0 Å². The molecule has 4 nitrogen and oxygen atoms in total. The highest BCUT2D eigenvalue weighted by Gasteiger charge is 2.15. The number of aromatic nitrogens is 1. The second-order valence-corrected chi connectivity index (χ2v) is 8.07. The highest BCUT2D eigenvalue weighted by molar-refractivity contribution is 7.91. The molecule has 1 N–H and O–H groups in total. The summed E-state index contributed by atoms with van der Waals surface area (Å²) in [4.78, 5) is 4.41. The van der Waals surface area contributed by atoms with Crippen LogP contribution in [-0.4, -0.2) is 13.4 Å². The molecule has 0 atom stereocenters. The summed E-state index contributed by atoms with van der Waals surface area (Å²) in [6.45, 7) is 1.90. The molecular weight excluding hydrogens is 347 g/mol. The van der Waals surface area contributed by atoms with Crippen LogP contribution in [-0.2, 0) is 15.8 Å². The van der Waals surface area contributed by atoms with Gasteiger partial charge in [-0.2, -0.15) is 0 Å². The van der Waals surface area contributed by atoms with Crippen LogP contribution in [0.3, 0.4) is 0 Å². The zero-order chi connectivity index (χ0) is 17.2. The molecule has 0 saturated heterocycles. The molecule has 0 amide bonds.